The van der Waals surface area contributed by atoms with Crippen molar-refractivity contribution in [1.29, 1.82) is 0 Å². The Balaban J connectivity index is 1.42. The quantitative estimate of drug-likeness (QED) is 0.738. The molecule has 2 N–H and O–H groups in total. The smallest absolute Gasteiger partial charge is 0.321 e. The molecule has 158 valence electrons. The van der Waals surface area contributed by atoms with E-state index in [1.807, 2.05) is 6.92 Å². The van der Waals surface area contributed by atoms with E-state index in [1.165, 1.54) is 0 Å². The Morgan fingerprint density at radius 1 is 1.10 bits per heavy atom. The van der Waals surface area contributed by atoms with Crippen LogP contribution in [0.3, 0.4) is 0 Å². The number of anilines is 1. The number of hydrogen-bond acceptors (Lipinski definition) is 5. The summed E-state index contributed by atoms with van der Waals surface area (Å²) in [6.45, 7) is 5.00. The van der Waals surface area contributed by atoms with Crippen LogP contribution < -0.4 is 15.4 Å². The molecule has 2 fully saturated rings. The van der Waals surface area contributed by atoms with E-state index < -0.39 is 0 Å². The van der Waals surface area contributed by atoms with Crippen molar-refractivity contribution in [3.8, 4) is 5.75 Å². The molecule has 1 aromatic rings. The Labute approximate surface area is 170 Å². The second-order valence-corrected chi connectivity index (χ2v) is 7.01. The van der Waals surface area contributed by atoms with Gasteiger partial charge in [-0.2, -0.15) is 0 Å². The van der Waals surface area contributed by atoms with Crippen LogP contribution >= 0.6 is 0 Å². The summed E-state index contributed by atoms with van der Waals surface area (Å²) in [6, 6.07) is 6.65. The van der Waals surface area contributed by atoms with Gasteiger partial charge in [0.25, 0.3) is 11.8 Å². The van der Waals surface area contributed by atoms with Crippen molar-refractivity contribution in [2.45, 2.75) is 25.9 Å². The van der Waals surface area contributed by atoms with Gasteiger partial charge in [0.05, 0.1) is 0 Å². The standard InChI is InChI=1S/C20H28N4O5/c1-2-21-18(25)14-29-16-7-5-15(6-8-16)22-20(27)24-11-9-23(10-12-24)19(26)17-4-3-13-28-17/h5-8,17H,2-4,9-14H2,1H3,(H,21,25)(H,22,27). The van der Waals surface area contributed by atoms with E-state index in [2.05, 4.69) is 10.6 Å². The minimum Gasteiger partial charge on any atom is -0.484 e. The third kappa shape index (κ3) is 5.83. The number of amides is 4. The highest BCUT2D eigenvalue weighted by Crippen LogP contribution is 2.18. The summed E-state index contributed by atoms with van der Waals surface area (Å²) >= 11 is 0. The lowest BCUT2D eigenvalue weighted by Crippen LogP contribution is -2.53. The molecule has 0 saturated carbocycles. The molecular weight excluding hydrogens is 376 g/mol. The first-order chi connectivity index (χ1) is 14.1. The Hall–Kier alpha value is -2.81. The number of carbonyl (C=O) groups is 3. The van der Waals surface area contributed by atoms with Crippen molar-refractivity contribution >= 4 is 23.5 Å². The molecule has 2 aliphatic heterocycles. The minimum absolute atomic E-state index is 0.0331. The third-order valence-corrected chi connectivity index (χ3v) is 4.93. The summed E-state index contributed by atoms with van der Waals surface area (Å²) in [7, 11) is 0. The van der Waals surface area contributed by atoms with Crippen molar-refractivity contribution < 1.29 is 23.9 Å². The highest BCUT2D eigenvalue weighted by atomic mass is 16.5. The molecule has 0 radical (unpaired) electrons. The lowest BCUT2D eigenvalue weighted by Gasteiger charge is -2.35. The zero-order valence-electron chi connectivity index (χ0n) is 16.7. The van der Waals surface area contributed by atoms with Gasteiger partial charge < -0.3 is 29.9 Å². The van der Waals surface area contributed by atoms with Crippen LogP contribution in [0.25, 0.3) is 0 Å². The van der Waals surface area contributed by atoms with E-state index in [0.29, 0.717) is 50.8 Å². The summed E-state index contributed by atoms with van der Waals surface area (Å²) in [5.74, 6) is 0.406. The van der Waals surface area contributed by atoms with E-state index in [9.17, 15) is 14.4 Å². The summed E-state index contributed by atoms with van der Waals surface area (Å²) in [4.78, 5) is 39.7. The van der Waals surface area contributed by atoms with Crippen LogP contribution in [0.2, 0.25) is 0 Å². The van der Waals surface area contributed by atoms with Crippen LogP contribution in [0.1, 0.15) is 19.8 Å². The Morgan fingerprint density at radius 2 is 1.79 bits per heavy atom. The monoisotopic (exact) mass is 404 g/mol. The van der Waals surface area contributed by atoms with Gasteiger partial charge in [-0.25, -0.2) is 4.79 Å². The summed E-state index contributed by atoms with van der Waals surface area (Å²) in [5.41, 5.74) is 0.637. The maximum Gasteiger partial charge on any atom is 0.321 e. The molecule has 1 unspecified atom stereocenters. The lowest BCUT2D eigenvalue weighted by molar-refractivity contribution is -0.142. The lowest BCUT2D eigenvalue weighted by atomic mass is 10.2. The van der Waals surface area contributed by atoms with Crippen LogP contribution in [-0.2, 0) is 14.3 Å². The first-order valence-corrected chi connectivity index (χ1v) is 10.0. The van der Waals surface area contributed by atoms with E-state index >= 15 is 0 Å². The van der Waals surface area contributed by atoms with Crippen LogP contribution in [0.5, 0.6) is 5.75 Å². The fourth-order valence-electron chi connectivity index (χ4n) is 3.34. The van der Waals surface area contributed by atoms with Gasteiger partial charge in [0.15, 0.2) is 6.61 Å². The molecule has 0 aliphatic carbocycles. The number of piperazine rings is 1. The normalized spacial score (nSPS) is 19.0. The van der Waals surface area contributed by atoms with E-state index in [4.69, 9.17) is 9.47 Å². The van der Waals surface area contributed by atoms with Gasteiger partial charge in [-0.15, -0.1) is 0 Å². The highest BCUT2D eigenvalue weighted by molar-refractivity contribution is 5.89. The van der Waals surface area contributed by atoms with E-state index in [-0.39, 0.29) is 30.6 Å². The molecule has 2 heterocycles. The highest BCUT2D eigenvalue weighted by Gasteiger charge is 2.31. The van der Waals surface area contributed by atoms with Gasteiger partial charge in [0.1, 0.15) is 11.9 Å². The molecule has 0 aromatic heterocycles. The summed E-state index contributed by atoms with van der Waals surface area (Å²) in [6.07, 6.45) is 1.39. The predicted octanol–water partition coefficient (Wildman–Crippen LogP) is 1.06. The first-order valence-electron chi connectivity index (χ1n) is 10.0. The molecule has 1 aromatic carbocycles. The van der Waals surface area contributed by atoms with Gasteiger partial charge in [-0.1, -0.05) is 0 Å². The number of carbonyl (C=O) groups excluding carboxylic acids is 3. The largest absolute Gasteiger partial charge is 0.484 e. The van der Waals surface area contributed by atoms with Crippen molar-refractivity contribution in [1.82, 2.24) is 15.1 Å². The topological polar surface area (TPSA) is 100 Å². The SMILES string of the molecule is CCNC(=O)COc1ccc(NC(=O)N2CCN(C(=O)C3CCCO3)CC2)cc1. The fourth-order valence-corrected chi connectivity index (χ4v) is 3.34. The van der Waals surface area contributed by atoms with Crippen LogP contribution in [0.4, 0.5) is 10.5 Å². The zero-order valence-corrected chi connectivity index (χ0v) is 16.7. The van der Waals surface area contributed by atoms with E-state index in [1.54, 1.807) is 34.1 Å². The number of ether oxygens (including phenoxy) is 2. The van der Waals surface area contributed by atoms with Gasteiger partial charge in [-0.3, -0.25) is 9.59 Å². The molecule has 29 heavy (non-hydrogen) atoms. The van der Waals surface area contributed by atoms with Gasteiger partial charge in [0.2, 0.25) is 0 Å². The Morgan fingerprint density at radius 3 is 2.41 bits per heavy atom. The van der Waals surface area contributed by atoms with Crippen molar-refractivity contribution in [2.75, 3.05) is 51.3 Å². The first kappa shape index (κ1) is 20.9. The van der Waals surface area contributed by atoms with Crippen molar-refractivity contribution in [3.05, 3.63) is 24.3 Å². The molecule has 3 rings (SSSR count). The van der Waals surface area contributed by atoms with Crippen LogP contribution in [0.15, 0.2) is 24.3 Å². The molecule has 0 bridgehead atoms. The third-order valence-electron chi connectivity index (χ3n) is 4.93. The van der Waals surface area contributed by atoms with Crippen LogP contribution in [-0.4, -0.2) is 79.7 Å². The van der Waals surface area contributed by atoms with Gasteiger partial charge in [0, 0.05) is 45.0 Å². The number of benzene rings is 1. The molecule has 2 aliphatic rings. The summed E-state index contributed by atoms with van der Waals surface area (Å²) < 4.78 is 10.8. The second-order valence-electron chi connectivity index (χ2n) is 7.01. The average molecular weight is 404 g/mol. The molecule has 9 nitrogen and oxygen atoms in total. The molecule has 4 amide bonds. The minimum atomic E-state index is -0.316. The average Bonchev–Trinajstić information content (AvgIpc) is 3.28. The summed E-state index contributed by atoms with van der Waals surface area (Å²) in [5, 5.41) is 5.50. The number of hydrogen-bond donors (Lipinski definition) is 2. The number of nitrogens with zero attached hydrogens (tertiary/aromatic N) is 2. The van der Waals surface area contributed by atoms with E-state index in [0.717, 1.165) is 12.8 Å². The molecule has 9 heteroatoms. The van der Waals surface area contributed by atoms with Crippen molar-refractivity contribution in [2.24, 2.45) is 0 Å². The zero-order chi connectivity index (χ0) is 20.6. The van der Waals surface area contributed by atoms with Crippen LogP contribution in [0, 0.1) is 0 Å². The van der Waals surface area contributed by atoms with Gasteiger partial charge >= 0.3 is 6.03 Å². The molecule has 2 saturated heterocycles. The molecular formula is C20H28N4O5. The maximum atomic E-state index is 12.5. The number of urea groups is 1. The number of rotatable bonds is 6. The number of nitrogens with one attached hydrogen (secondary N) is 2. The fraction of sp³-hybridized carbons (Fsp3) is 0.550. The predicted molar refractivity (Wildman–Crippen MR) is 107 cm³/mol. The van der Waals surface area contributed by atoms with Crippen molar-refractivity contribution in [3.63, 3.8) is 0 Å². The number of likely N-dealkylation sites (N-methyl/N-ethyl adjacent to an activating group) is 1. The molecule has 1 atom stereocenters. The van der Waals surface area contributed by atoms with Gasteiger partial charge in [-0.05, 0) is 44.0 Å². The maximum absolute atomic E-state index is 12.5. The Bertz CT molecular complexity index is 710. The molecule has 0 spiro atoms. The Kier molecular flexibility index (Phi) is 7.29. The second kappa shape index (κ2) is 10.1.